The van der Waals surface area contributed by atoms with E-state index in [4.69, 9.17) is 33.6 Å². The number of carbonyl (C=O) groups is 1. The van der Waals surface area contributed by atoms with Crippen molar-refractivity contribution in [1.82, 2.24) is 0 Å². The molecule has 25 heavy (non-hydrogen) atoms. The van der Waals surface area contributed by atoms with E-state index in [2.05, 4.69) is 22.1 Å². The fraction of sp³-hybridized carbons (Fsp3) is 0.267. The lowest BCUT2D eigenvalue weighted by Gasteiger charge is -2.05. The summed E-state index contributed by atoms with van der Waals surface area (Å²) >= 11 is 6.15. The number of rotatable bonds is 3. The minimum Gasteiger partial charge on any atom is -0.370 e. The van der Waals surface area contributed by atoms with Crippen LogP contribution in [0.2, 0.25) is 5.02 Å². The molecule has 1 aromatic rings. The van der Waals surface area contributed by atoms with E-state index in [1.807, 2.05) is 12.1 Å². The maximum atomic E-state index is 10.4. The van der Waals surface area contributed by atoms with Crippen molar-refractivity contribution in [1.29, 1.82) is 0 Å². The third-order valence-corrected chi connectivity index (χ3v) is 3.40. The van der Waals surface area contributed by atoms with E-state index in [1.165, 1.54) is 16.7 Å². The van der Waals surface area contributed by atoms with Crippen molar-refractivity contribution in [3.63, 3.8) is 0 Å². The predicted octanol–water partition coefficient (Wildman–Crippen LogP) is 2.01. The van der Waals surface area contributed by atoms with E-state index in [1.54, 1.807) is 0 Å². The van der Waals surface area contributed by atoms with Crippen molar-refractivity contribution in [3.05, 3.63) is 40.4 Å². The van der Waals surface area contributed by atoms with Crippen LogP contribution in [0, 0.1) is 0 Å². The molecule has 0 amide bonds. The van der Waals surface area contributed by atoms with E-state index in [0.717, 1.165) is 17.9 Å². The molecule has 0 fully saturated rings. The molecule has 0 saturated heterocycles. The van der Waals surface area contributed by atoms with Crippen molar-refractivity contribution < 1.29 is 18.0 Å². The average molecular weight is 376 g/mol. The van der Waals surface area contributed by atoms with Crippen molar-refractivity contribution in [3.8, 4) is 0 Å². The Labute approximate surface area is 147 Å². The number of aliphatic imine (C=N–C) groups is 2. The van der Waals surface area contributed by atoms with Gasteiger partial charge in [-0.05, 0) is 35.6 Å². The largest absolute Gasteiger partial charge is 0.446 e. The summed E-state index contributed by atoms with van der Waals surface area (Å²) in [5, 5.41) is 0.812. The van der Waals surface area contributed by atoms with Gasteiger partial charge in [0.05, 0.1) is 0 Å². The number of benzene rings is 1. The summed E-state index contributed by atoms with van der Waals surface area (Å²) in [5.74, 6) is 0.0170. The van der Waals surface area contributed by atoms with Gasteiger partial charge >= 0.3 is 6.18 Å². The molecule has 2 rings (SSSR count). The molecule has 6 N–H and O–H groups in total. The molecular weight excluding hydrogens is 359 g/mol. The lowest BCUT2D eigenvalue weighted by molar-refractivity contribution is -0.156. The van der Waals surface area contributed by atoms with Gasteiger partial charge in [-0.3, -0.25) is 9.79 Å². The summed E-state index contributed by atoms with van der Waals surface area (Å²) in [6.45, 7) is 0.542. The summed E-state index contributed by atoms with van der Waals surface area (Å²) < 4.78 is 31.2. The molecule has 0 saturated carbocycles. The molecule has 10 heteroatoms. The van der Waals surface area contributed by atoms with E-state index < -0.39 is 12.5 Å². The standard InChI is InChI=1S/C13H16ClN5.C2HF3O/c14-11-3-1-2-9-8(4-5-10(9)11)6-7-18-13(17)19-12(15)16;3-2(4,5)1-6/h1-4H,5-7H2,(H6,15,16,17,18,19);1H. The number of nitrogens with two attached hydrogens (primary N) is 3. The average Bonchev–Trinajstić information content (AvgIpc) is 2.91. The van der Waals surface area contributed by atoms with Crippen LogP contribution in [0.1, 0.15) is 17.5 Å². The fourth-order valence-electron chi connectivity index (χ4n) is 2.10. The van der Waals surface area contributed by atoms with Gasteiger partial charge < -0.3 is 17.2 Å². The Bertz CT molecular complexity index is 710. The van der Waals surface area contributed by atoms with Crippen LogP contribution in [0.4, 0.5) is 13.2 Å². The van der Waals surface area contributed by atoms with Gasteiger partial charge in [0.2, 0.25) is 12.2 Å². The Balaban J connectivity index is 0.000000450. The number of hydrogen-bond acceptors (Lipinski definition) is 2. The first-order valence-corrected chi connectivity index (χ1v) is 7.41. The number of alkyl halides is 3. The van der Waals surface area contributed by atoms with Crippen LogP contribution in [-0.2, 0) is 11.2 Å². The minimum atomic E-state index is -4.64. The Hall–Kier alpha value is -2.55. The molecule has 0 atom stereocenters. The SMILES string of the molecule is NC(N)=NC(N)=NCCC1=CCc2c(Cl)cccc21.O=CC(F)(F)F. The van der Waals surface area contributed by atoms with Gasteiger partial charge in [0.1, 0.15) is 0 Å². The second-order valence-corrected chi connectivity index (χ2v) is 5.29. The molecule has 0 radical (unpaired) electrons. The highest BCUT2D eigenvalue weighted by Gasteiger charge is 2.24. The lowest BCUT2D eigenvalue weighted by Crippen LogP contribution is -2.26. The summed E-state index contributed by atoms with van der Waals surface area (Å²) in [6, 6.07) is 5.94. The van der Waals surface area contributed by atoms with Gasteiger partial charge in [-0.15, -0.1) is 0 Å². The molecule has 0 unspecified atom stereocenters. The molecule has 0 aromatic heterocycles. The van der Waals surface area contributed by atoms with Crippen LogP contribution >= 0.6 is 11.6 Å². The Morgan fingerprint density at radius 1 is 1.28 bits per heavy atom. The van der Waals surface area contributed by atoms with Crippen molar-refractivity contribution in [2.45, 2.75) is 19.0 Å². The van der Waals surface area contributed by atoms with Crippen LogP contribution in [-0.4, -0.2) is 30.9 Å². The zero-order valence-corrected chi connectivity index (χ0v) is 13.8. The zero-order chi connectivity index (χ0) is 19.0. The van der Waals surface area contributed by atoms with E-state index >= 15 is 0 Å². The number of hydrogen-bond donors (Lipinski definition) is 3. The van der Waals surface area contributed by atoms with Crippen LogP contribution in [0.25, 0.3) is 5.57 Å². The van der Waals surface area contributed by atoms with E-state index in [9.17, 15) is 13.2 Å². The molecule has 0 aliphatic heterocycles. The summed E-state index contributed by atoms with van der Waals surface area (Å²) in [4.78, 5) is 16.5. The van der Waals surface area contributed by atoms with Gasteiger partial charge in [-0.25, -0.2) is 0 Å². The summed E-state index contributed by atoms with van der Waals surface area (Å²) in [5.41, 5.74) is 19.6. The molecule has 0 heterocycles. The van der Waals surface area contributed by atoms with Crippen molar-refractivity contribution >= 4 is 35.4 Å². The molecule has 6 nitrogen and oxygen atoms in total. The number of halogens is 4. The minimum absolute atomic E-state index is 0.0848. The number of guanidine groups is 2. The van der Waals surface area contributed by atoms with Gasteiger partial charge in [0.15, 0.2) is 5.96 Å². The summed E-state index contributed by atoms with van der Waals surface area (Å²) in [6.07, 6.45) is -1.87. The molecule has 1 aromatic carbocycles. The number of carbonyl (C=O) groups excluding carboxylic acids is 1. The van der Waals surface area contributed by atoms with Gasteiger partial charge in [0, 0.05) is 11.6 Å². The first-order chi connectivity index (χ1) is 11.6. The van der Waals surface area contributed by atoms with Crippen molar-refractivity contribution in [2.75, 3.05) is 6.54 Å². The molecule has 1 aliphatic rings. The first-order valence-electron chi connectivity index (χ1n) is 7.03. The number of fused-ring (bicyclic) bond motifs is 1. The number of allylic oxidation sites excluding steroid dienone is 1. The van der Waals surface area contributed by atoms with Crippen LogP contribution < -0.4 is 17.2 Å². The monoisotopic (exact) mass is 375 g/mol. The second kappa shape index (κ2) is 9.07. The third kappa shape index (κ3) is 7.25. The maximum absolute atomic E-state index is 10.4. The number of nitrogens with zero attached hydrogens (tertiary/aromatic N) is 2. The number of aldehydes is 1. The lowest BCUT2D eigenvalue weighted by atomic mass is 10.0. The molecule has 136 valence electrons. The second-order valence-electron chi connectivity index (χ2n) is 4.89. The first kappa shape index (κ1) is 20.5. The highest BCUT2D eigenvalue weighted by Crippen LogP contribution is 2.33. The highest BCUT2D eigenvalue weighted by molar-refractivity contribution is 6.31. The predicted molar refractivity (Wildman–Crippen MR) is 92.2 cm³/mol. The van der Waals surface area contributed by atoms with Crippen LogP contribution in [0.5, 0.6) is 0 Å². The smallest absolute Gasteiger partial charge is 0.370 e. The highest BCUT2D eigenvalue weighted by atomic mass is 35.5. The van der Waals surface area contributed by atoms with Gasteiger partial charge in [-0.1, -0.05) is 29.8 Å². The third-order valence-electron chi connectivity index (χ3n) is 3.05. The molecule has 0 bridgehead atoms. The van der Waals surface area contributed by atoms with E-state index in [0.29, 0.717) is 6.54 Å². The Morgan fingerprint density at radius 2 is 1.92 bits per heavy atom. The fourth-order valence-corrected chi connectivity index (χ4v) is 2.35. The van der Waals surface area contributed by atoms with Crippen molar-refractivity contribution in [2.24, 2.45) is 27.2 Å². The Morgan fingerprint density at radius 3 is 2.48 bits per heavy atom. The molecule has 0 spiro atoms. The maximum Gasteiger partial charge on any atom is 0.446 e. The van der Waals surface area contributed by atoms with Crippen LogP contribution in [0.15, 0.2) is 34.3 Å². The quantitative estimate of drug-likeness (QED) is 0.425. The van der Waals surface area contributed by atoms with Gasteiger partial charge in [-0.2, -0.15) is 18.2 Å². The zero-order valence-electron chi connectivity index (χ0n) is 13.1. The normalized spacial score (nSPS) is 13.3. The molecular formula is C15H17ClF3N5O. The summed E-state index contributed by atoms with van der Waals surface area (Å²) in [7, 11) is 0. The Kier molecular flexibility index (Phi) is 7.43. The van der Waals surface area contributed by atoms with E-state index in [-0.39, 0.29) is 11.9 Å². The molecule has 1 aliphatic carbocycles. The van der Waals surface area contributed by atoms with Gasteiger partial charge in [0.25, 0.3) is 0 Å². The topological polar surface area (TPSA) is 120 Å². The van der Waals surface area contributed by atoms with Crippen LogP contribution in [0.3, 0.4) is 0 Å².